The van der Waals surface area contributed by atoms with Crippen molar-refractivity contribution >= 4 is 35.8 Å². The van der Waals surface area contributed by atoms with Crippen molar-refractivity contribution in [3.8, 4) is 0 Å². The first-order valence-electron chi connectivity index (χ1n) is 10.4. The molecule has 1 fully saturated rings. The number of amides is 1. The maximum Gasteiger partial charge on any atom is 0.233 e. The fourth-order valence-corrected chi connectivity index (χ4v) is 3.55. The van der Waals surface area contributed by atoms with Crippen LogP contribution in [-0.2, 0) is 4.79 Å². The molecule has 3 N–H and O–H groups in total. The SMILES string of the molecule is CCNC(=NCC(c1c(F)cccc1F)N(C)C)NC1CCN(CC(=O)NC)CC1.I. The summed E-state index contributed by atoms with van der Waals surface area (Å²) in [6.07, 6.45) is 1.78. The van der Waals surface area contributed by atoms with Crippen LogP contribution in [0.25, 0.3) is 0 Å². The minimum Gasteiger partial charge on any atom is -0.358 e. The van der Waals surface area contributed by atoms with Crippen LogP contribution in [0, 0.1) is 11.6 Å². The summed E-state index contributed by atoms with van der Waals surface area (Å²) in [6.45, 7) is 4.94. The number of hydrogen-bond donors (Lipinski definition) is 3. The van der Waals surface area contributed by atoms with Crippen LogP contribution < -0.4 is 16.0 Å². The summed E-state index contributed by atoms with van der Waals surface area (Å²) in [4.78, 5) is 20.0. The minimum atomic E-state index is -0.564. The predicted molar refractivity (Wildman–Crippen MR) is 131 cm³/mol. The van der Waals surface area contributed by atoms with Crippen LogP contribution in [0.1, 0.15) is 31.4 Å². The van der Waals surface area contributed by atoms with E-state index in [0.717, 1.165) is 25.9 Å². The van der Waals surface area contributed by atoms with E-state index in [0.29, 0.717) is 19.0 Å². The number of nitrogens with one attached hydrogen (secondary N) is 3. The van der Waals surface area contributed by atoms with Crippen molar-refractivity contribution in [2.75, 3.05) is 53.9 Å². The van der Waals surface area contributed by atoms with Crippen molar-refractivity contribution in [3.63, 3.8) is 0 Å². The number of piperidine rings is 1. The van der Waals surface area contributed by atoms with Gasteiger partial charge in [0.1, 0.15) is 11.6 Å². The summed E-state index contributed by atoms with van der Waals surface area (Å²) >= 11 is 0. The molecule has 0 aliphatic carbocycles. The van der Waals surface area contributed by atoms with Crippen LogP contribution in [-0.4, -0.2) is 81.6 Å². The van der Waals surface area contributed by atoms with E-state index in [9.17, 15) is 13.6 Å². The number of halogens is 3. The van der Waals surface area contributed by atoms with E-state index < -0.39 is 17.7 Å². The molecular formula is C21H35F2IN6O. The number of likely N-dealkylation sites (N-methyl/N-ethyl adjacent to an activating group) is 2. The average molecular weight is 552 g/mol. The minimum absolute atomic E-state index is 0. The molecule has 1 amide bonds. The monoisotopic (exact) mass is 552 g/mol. The standard InChI is InChI=1S/C21H34F2N6O.HI/c1-5-25-21(27-15-9-11-29(12-10-15)14-19(30)24-2)26-13-18(28(3)4)20-16(22)7-6-8-17(20)23;/h6-8,15,18H,5,9-14H2,1-4H3,(H,24,30)(H2,25,26,27);1H. The molecule has 1 atom stereocenters. The zero-order valence-electron chi connectivity index (χ0n) is 18.8. The molecule has 10 heteroatoms. The van der Waals surface area contributed by atoms with Gasteiger partial charge >= 0.3 is 0 Å². The second-order valence-electron chi connectivity index (χ2n) is 7.70. The Morgan fingerprint density at radius 1 is 1.26 bits per heavy atom. The van der Waals surface area contributed by atoms with Gasteiger partial charge in [-0.15, -0.1) is 24.0 Å². The molecule has 0 bridgehead atoms. The summed E-state index contributed by atoms with van der Waals surface area (Å²) in [5.41, 5.74) is 0.0320. The second kappa shape index (κ2) is 13.8. The van der Waals surface area contributed by atoms with Crippen molar-refractivity contribution in [2.24, 2.45) is 4.99 Å². The molecule has 176 valence electrons. The molecule has 1 aliphatic heterocycles. The maximum absolute atomic E-state index is 14.3. The van der Waals surface area contributed by atoms with Gasteiger partial charge in [0.15, 0.2) is 5.96 Å². The molecule has 1 saturated heterocycles. The second-order valence-corrected chi connectivity index (χ2v) is 7.70. The third-order valence-corrected chi connectivity index (χ3v) is 5.30. The number of aliphatic imine (C=N–C) groups is 1. The molecule has 1 unspecified atom stereocenters. The van der Waals surface area contributed by atoms with Crippen LogP contribution in [0.5, 0.6) is 0 Å². The molecule has 0 saturated carbocycles. The molecule has 0 radical (unpaired) electrons. The molecule has 2 rings (SSSR count). The molecular weight excluding hydrogens is 517 g/mol. The fourth-order valence-electron chi connectivity index (χ4n) is 3.55. The molecule has 0 spiro atoms. The maximum atomic E-state index is 14.3. The predicted octanol–water partition coefficient (Wildman–Crippen LogP) is 1.95. The molecule has 7 nitrogen and oxygen atoms in total. The number of carbonyl (C=O) groups is 1. The Morgan fingerprint density at radius 2 is 1.87 bits per heavy atom. The van der Waals surface area contributed by atoms with Crippen LogP contribution in [0.2, 0.25) is 0 Å². The van der Waals surface area contributed by atoms with Gasteiger partial charge in [0.05, 0.1) is 19.1 Å². The average Bonchev–Trinajstić information content (AvgIpc) is 2.71. The Bertz CT molecular complexity index is 706. The zero-order chi connectivity index (χ0) is 22.1. The first-order valence-corrected chi connectivity index (χ1v) is 10.4. The number of rotatable bonds is 8. The van der Waals surface area contributed by atoms with Gasteiger partial charge in [-0.3, -0.25) is 14.7 Å². The van der Waals surface area contributed by atoms with Crippen molar-refractivity contribution in [3.05, 3.63) is 35.4 Å². The molecule has 31 heavy (non-hydrogen) atoms. The normalized spacial score (nSPS) is 16.5. The van der Waals surface area contributed by atoms with E-state index in [1.54, 1.807) is 26.0 Å². The lowest BCUT2D eigenvalue weighted by molar-refractivity contribution is -0.122. The number of carbonyl (C=O) groups excluding carboxylic acids is 1. The van der Waals surface area contributed by atoms with Gasteiger partial charge in [-0.2, -0.15) is 0 Å². The summed E-state index contributed by atoms with van der Waals surface area (Å²) in [5.74, 6) is -0.479. The number of benzene rings is 1. The molecule has 1 heterocycles. The van der Waals surface area contributed by atoms with Crippen molar-refractivity contribution in [1.82, 2.24) is 25.8 Å². The van der Waals surface area contributed by atoms with Gasteiger partial charge in [0, 0.05) is 38.3 Å². The number of hydrogen-bond acceptors (Lipinski definition) is 4. The number of likely N-dealkylation sites (tertiary alicyclic amines) is 1. The third-order valence-electron chi connectivity index (χ3n) is 5.30. The quantitative estimate of drug-likeness (QED) is 0.262. The van der Waals surface area contributed by atoms with E-state index in [2.05, 4.69) is 25.8 Å². The van der Waals surface area contributed by atoms with Crippen LogP contribution in [0.4, 0.5) is 8.78 Å². The topological polar surface area (TPSA) is 72.0 Å². The lowest BCUT2D eigenvalue weighted by Crippen LogP contribution is -2.50. The highest BCUT2D eigenvalue weighted by Crippen LogP contribution is 2.24. The highest BCUT2D eigenvalue weighted by atomic mass is 127. The largest absolute Gasteiger partial charge is 0.358 e. The van der Waals surface area contributed by atoms with Gasteiger partial charge in [-0.05, 0) is 46.0 Å². The highest BCUT2D eigenvalue weighted by molar-refractivity contribution is 14.0. The van der Waals surface area contributed by atoms with Crippen molar-refractivity contribution in [2.45, 2.75) is 31.8 Å². The summed E-state index contributed by atoms with van der Waals surface area (Å²) in [5, 5.41) is 9.29. The molecule has 0 aromatic heterocycles. The number of nitrogens with zero attached hydrogens (tertiary/aromatic N) is 3. The summed E-state index contributed by atoms with van der Waals surface area (Å²) in [7, 11) is 5.22. The van der Waals surface area contributed by atoms with Gasteiger partial charge in [0.25, 0.3) is 0 Å². The highest BCUT2D eigenvalue weighted by Gasteiger charge is 2.24. The Balaban J connectivity index is 0.00000480. The van der Waals surface area contributed by atoms with Gasteiger partial charge in [-0.1, -0.05) is 6.07 Å². The zero-order valence-corrected chi connectivity index (χ0v) is 21.1. The fraction of sp³-hybridized carbons (Fsp3) is 0.619. The van der Waals surface area contributed by atoms with Gasteiger partial charge in [-0.25, -0.2) is 8.78 Å². The summed E-state index contributed by atoms with van der Waals surface area (Å²) in [6, 6.07) is 3.62. The molecule has 1 aromatic rings. The Kier molecular flexibility index (Phi) is 12.2. The van der Waals surface area contributed by atoms with Crippen LogP contribution in [0.3, 0.4) is 0 Å². The van der Waals surface area contributed by atoms with Gasteiger partial charge in [0.2, 0.25) is 5.91 Å². The van der Waals surface area contributed by atoms with E-state index in [1.807, 2.05) is 6.92 Å². The van der Waals surface area contributed by atoms with Gasteiger partial charge < -0.3 is 20.9 Å². The van der Waals surface area contributed by atoms with E-state index in [1.165, 1.54) is 18.2 Å². The first-order chi connectivity index (χ1) is 14.3. The van der Waals surface area contributed by atoms with E-state index in [4.69, 9.17) is 0 Å². The first kappa shape index (κ1) is 27.5. The molecule has 1 aromatic carbocycles. The van der Waals surface area contributed by atoms with E-state index in [-0.39, 0.29) is 48.0 Å². The smallest absolute Gasteiger partial charge is 0.233 e. The Hall–Kier alpha value is -1.53. The van der Waals surface area contributed by atoms with E-state index >= 15 is 0 Å². The Morgan fingerprint density at radius 3 is 2.39 bits per heavy atom. The lowest BCUT2D eigenvalue weighted by atomic mass is 10.0. The number of guanidine groups is 1. The van der Waals surface area contributed by atoms with Crippen molar-refractivity contribution in [1.29, 1.82) is 0 Å². The van der Waals surface area contributed by atoms with Crippen molar-refractivity contribution < 1.29 is 13.6 Å². The summed E-state index contributed by atoms with van der Waals surface area (Å²) < 4.78 is 28.6. The van der Waals surface area contributed by atoms with Crippen LogP contribution >= 0.6 is 24.0 Å². The van der Waals surface area contributed by atoms with Crippen LogP contribution in [0.15, 0.2) is 23.2 Å². The lowest BCUT2D eigenvalue weighted by Gasteiger charge is -2.32. The third kappa shape index (κ3) is 8.49. The molecule has 1 aliphatic rings. The Labute approximate surface area is 201 Å².